The molecule has 3 atom stereocenters. The molecule has 1 saturated heterocycles. The summed E-state index contributed by atoms with van der Waals surface area (Å²) < 4.78 is 0. The van der Waals surface area contributed by atoms with Crippen LogP contribution in [0.25, 0.3) is 0 Å². The molecule has 1 aliphatic heterocycles. The van der Waals surface area contributed by atoms with Gasteiger partial charge in [0.15, 0.2) is 0 Å². The van der Waals surface area contributed by atoms with Crippen LogP contribution >= 0.6 is 0 Å². The van der Waals surface area contributed by atoms with Crippen LogP contribution in [0.1, 0.15) is 71.1 Å². The molecule has 5 heteroatoms. The minimum atomic E-state index is -0.752. The second-order valence-corrected chi connectivity index (χ2v) is 7.85. The van der Waals surface area contributed by atoms with Crippen molar-refractivity contribution in [1.29, 1.82) is 0 Å². The summed E-state index contributed by atoms with van der Waals surface area (Å²) in [5, 5.41) is 9.62. The Kier molecular flexibility index (Phi) is 5.80. The molecule has 3 fully saturated rings. The van der Waals surface area contributed by atoms with Crippen LogP contribution in [0, 0.1) is 5.92 Å². The number of hydrogen-bond donors (Lipinski definition) is 1. The summed E-state index contributed by atoms with van der Waals surface area (Å²) >= 11 is 0. The second-order valence-electron chi connectivity index (χ2n) is 7.85. The lowest BCUT2D eigenvalue weighted by Crippen LogP contribution is -2.51. The van der Waals surface area contributed by atoms with Crippen LogP contribution in [0.3, 0.4) is 0 Å². The number of carbonyl (C=O) groups excluding carboxylic acids is 1. The molecule has 0 radical (unpaired) electrons. The van der Waals surface area contributed by atoms with E-state index in [2.05, 4.69) is 6.92 Å². The first-order chi connectivity index (χ1) is 11.6. The number of likely N-dealkylation sites (N-methyl/N-ethyl adjacent to an activating group) is 1. The molecule has 3 aliphatic rings. The third-order valence-corrected chi connectivity index (χ3v) is 6.50. The van der Waals surface area contributed by atoms with Crippen molar-refractivity contribution in [3.63, 3.8) is 0 Å². The number of hydrogen-bond acceptors (Lipinski definition) is 3. The molecule has 2 saturated carbocycles. The minimum Gasteiger partial charge on any atom is -0.480 e. The van der Waals surface area contributed by atoms with E-state index in [9.17, 15) is 14.7 Å². The van der Waals surface area contributed by atoms with E-state index in [4.69, 9.17) is 0 Å². The number of carbonyl (C=O) groups is 2. The molecular formula is C19H32N2O3. The summed E-state index contributed by atoms with van der Waals surface area (Å²) in [6.45, 7) is 3.08. The zero-order valence-electron chi connectivity index (χ0n) is 15.0. The summed E-state index contributed by atoms with van der Waals surface area (Å²) in [5.74, 6) is -0.141. The van der Waals surface area contributed by atoms with Crippen LogP contribution in [0.5, 0.6) is 0 Å². The number of likely N-dealkylation sites (tertiary alicyclic amines) is 1. The Bertz CT molecular complexity index is 462. The molecule has 3 unspecified atom stereocenters. The zero-order valence-corrected chi connectivity index (χ0v) is 15.0. The predicted molar refractivity (Wildman–Crippen MR) is 92.8 cm³/mol. The van der Waals surface area contributed by atoms with Gasteiger partial charge in [0.25, 0.3) is 0 Å². The van der Waals surface area contributed by atoms with E-state index in [1.54, 1.807) is 0 Å². The number of rotatable bonds is 5. The molecule has 24 heavy (non-hydrogen) atoms. The van der Waals surface area contributed by atoms with Crippen molar-refractivity contribution in [3.8, 4) is 0 Å². The molecule has 3 rings (SSSR count). The predicted octanol–water partition coefficient (Wildman–Crippen LogP) is 2.89. The lowest BCUT2D eigenvalue weighted by Gasteiger charge is -2.37. The van der Waals surface area contributed by atoms with Crippen LogP contribution in [-0.4, -0.2) is 58.0 Å². The van der Waals surface area contributed by atoms with E-state index in [0.717, 1.165) is 45.1 Å². The van der Waals surface area contributed by atoms with Crippen LogP contribution in [0.4, 0.5) is 0 Å². The van der Waals surface area contributed by atoms with Gasteiger partial charge in [0.1, 0.15) is 6.04 Å². The fourth-order valence-electron chi connectivity index (χ4n) is 5.30. The van der Waals surface area contributed by atoms with Crippen molar-refractivity contribution in [1.82, 2.24) is 9.80 Å². The van der Waals surface area contributed by atoms with Gasteiger partial charge in [0.2, 0.25) is 5.91 Å². The van der Waals surface area contributed by atoms with E-state index in [-0.39, 0.29) is 5.91 Å². The third kappa shape index (κ3) is 3.61. The first-order valence-corrected chi connectivity index (χ1v) is 9.89. The van der Waals surface area contributed by atoms with Crippen LogP contribution in [-0.2, 0) is 9.59 Å². The largest absolute Gasteiger partial charge is 0.480 e. The maximum Gasteiger partial charge on any atom is 0.320 e. The topological polar surface area (TPSA) is 60.9 Å². The molecule has 0 aromatic rings. The summed E-state index contributed by atoms with van der Waals surface area (Å²) in [7, 11) is 0. The fourth-order valence-corrected chi connectivity index (χ4v) is 5.30. The van der Waals surface area contributed by atoms with Crippen LogP contribution < -0.4 is 0 Å². The second kappa shape index (κ2) is 7.85. The standard InChI is InChI=1S/C19H32N2O3/c1-2-20(15-9-4-3-5-10-15)18(22)13-21-16-11-7-6-8-14(16)12-17(21)19(23)24/h14-17H,2-13H2,1H3,(H,23,24). The highest BCUT2D eigenvalue weighted by Gasteiger charge is 2.46. The van der Waals surface area contributed by atoms with E-state index in [1.807, 2.05) is 9.80 Å². The smallest absolute Gasteiger partial charge is 0.320 e. The van der Waals surface area contributed by atoms with Crippen molar-refractivity contribution < 1.29 is 14.7 Å². The quantitative estimate of drug-likeness (QED) is 0.838. The van der Waals surface area contributed by atoms with Gasteiger partial charge in [-0.3, -0.25) is 14.5 Å². The minimum absolute atomic E-state index is 0.141. The van der Waals surface area contributed by atoms with Crippen molar-refractivity contribution in [2.75, 3.05) is 13.1 Å². The Labute approximate surface area is 145 Å². The Morgan fingerprint density at radius 3 is 2.38 bits per heavy atom. The number of amides is 1. The average Bonchev–Trinajstić information content (AvgIpc) is 2.95. The molecule has 1 N–H and O–H groups in total. The Balaban J connectivity index is 1.69. The first-order valence-electron chi connectivity index (χ1n) is 9.89. The average molecular weight is 336 g/mol. The van der Waals surface area contributed by atoms with Crippen molar-refractivity contribution >= 4 is 11.9 Å². The SMILES string of the molecule is CCN(C(=O)CN1C(C(=O)O)CC2CCCCC21)C1CCCCC1. The summed E-state index contributed by atoms with van der Waals surface area (Å²) in [6, 6.07) is 0.199. The van der Waals surface area contributed by atoms with Gasteiger partial charge in [0.05, 0.1) is 6.54 Å². The van der Waals surface area contributed by atoms with Gasteiger partial charge in [-0.15, -0.1) is 0 Å². The number of fused-ring (bicyclic) bond motifs is 1. The first kappa shape index (κ1) is 17.7. The summed E-state index contributed by atoms with van der Waals surface area (Å²) in [4.78, 5) is 28.7. The Morgan fingerprint density at radius 2 is 1.71 bits per heavy atom. The van der Waals surface area contributed by atoms with Crippen LogP contribution in [0.15, 0.2) is 0 Å². The van der Waals surface area contributed by atoms with E-state index in [1.165, 1.54) is 25.7 Å². The van der Waals surface area contributed by atoms with Gasteiger partial charge < -0.3 is 10.0 Å². The highest BCUT2D eigenvalue weighted by molar-refractivity contribution is 5.80. The number of aliphatic carboxylic acids is 1. The number of carboxylic acids is 1. The van der Waals surface area contributed by atoms with E-state index in [0.29, 0.717) is 24.5 Å². The Morgan fingerprint density at radius 1 is 1.04 bits per heavy atom. The molecule has 0 aromatic heterocycles. The van der Waals surface area contributed by atoms with Gasteiger partial charge >= 0.3 is 5.97 Å². The molecule has 1 amide bonds. The van der Waals surface area contributed by atoms with E-state index >= 15 is 0 Å². The third-order valence-electron chi connectivity index (χ3n) is 6.50. The van der Waals surface area contributed by atoms with Gasteiger partial charge in [-0.2, -0.15) is 0 Å². The molecule has 5 nitrogen and oxygen atoms in total. The Hall–Kier alpha value is -1.10. The maximum absolute atomic E-state index is 13.0. The normalized spacial score (nSPS) is 31.6. The molecular weight excluding hydrogens is 304 g/mol. The van der Waals surface area contributed by atoms with Gasteiger partial charge in [-0.25, -0.2) is 0 Å². The molecule has 0 spiro atoms. The highest BCUT2D eigenvalue weighted by atomic mass is 16.4. The summed E-state index contributed by atoms with van der Waals surface area (Å²) in [6.07, 6.45) is 11.2. The van der Waals surface area contributed by atoms with Gasteiger partial charge in [-0.05, 0) is 44.9 Å². The molecule has 1 heterocycles. The highest BCUT2D eigenvalue weighted by Crippen LogP contribution is 2.39. The zero-order chi connectivity index (χ0) is 17.1. The van der Waals surface area contributed by atoms with Gasteiger partial charge in [0, 0.05) is 18.6 Å². The van der Waals surface area contributed by atoms with Crippen molar-refractivity contribution in [3.05, 3.63) is 0 Å². The lowest BCUT2D eigenvalue weighted by molar-refractivity contribution is -0.144. The molecule has 136 valence electrons. The van der Waals surface area contributed by atoms with E-state index < -0.39 is 12.0 Å². The summed E-state index contributed by atoms with van der Waals surface area (Å²) in [5.41, 5.74) is 0. The van der Waals surface area contributed by atoms with Gasteiger partial charge in [-0.1, -0.05) is 32.1 Å². The molecule has 2 aliphatic carbocycles. The molecule has 0 aromatic carbocycles. The monoisotopic (exact) mass is 336 g/mol. The number of nitrogens with zero attached hydrogens (tertiary/aromatic N) is 2. The van der Waals surface area contributed by atoms with Crippen LogP contribution in [0.2, 0.25) is 0 Å². The maximum atomic E-state index is 13.0. The van der Waals surface area contributed by atoms with Crippen molar-refractivity contribution in [2.45, 2.75) is 89.3 Å². The van der Waals surface area contributed by atoms with Crippen molar-refractivity contribution in [2.24, 2.45) is 5.92 Å². The number of carboxylic acid groups (broad SMARTS) is 1. The molecule has 0 bridgehead atoms. The fraction of sp³-hybridized carbons (Fsp3) is 0.895. The lowest BCUT2D eigenvalue weighted by atomic mass is 9.85.